The highest BCUT2D eigenvalue weighted by Gasteiger charge is 2.80. The molecule has 3 unspecified atom stereocenters. The van der Waals surface area contributed by atoms with Crippen LogP contribution in [0, 0.1) is 23.7 Å². The van der Waals surface area contributed by atoms with Gasteiger partial charge in [-0.1, -0.05) is 68.5 Å². The molecule has 7 atom stereocenters. The number of hydrogen-bond acceptors (Lipinski definition) is 7. The van der Waals surface area contributed by atoms with E-state index in [0.717, 1.165) is 5.52 Å². The van der Waals surface area contributed by atoms with E-state index >= 15 is 4.79 Å². The number of ether oxygens (including phenoxy) is 1. The van der Waals surface area contributed by atoms with Crippen LogP contribution in [-0.2, 0) is 25.8 Å². The number of amides is 3. The van der Waals surface area contributed by atoms with E-state index in [1.807, 2.05) is 82.3 Å². The maximum atomic E-state index is 15.0. The average Bonchev–Trinajstić information content (AvgIpc) is 3.73. The molecule has 4 heterocycles. The Hall–Kier alpha value is -4.35. The van der Waals surface area contributed by atoms with E-state index in [9.17, 15) is 14.7 Å². The normalized spacial score (nSPS) is 28.5. The average molecular weight is 641 g/mol. The molecular formula is C36H44N6O5. The van der Waals surface area contributed by atoms with Gasteiger partial charge in [0, 0.05) is 18.8 Å². The lowest BCUT2D eigenvalue weighted by Crippen LogP contribution is -2.60. The van der Waals surface area contributed by atoms with E-state index in [0.29, 0.717) is 17.6 Å². The summed E-state index contributed by atoms with van der Waals surface area (Å²) >= 11 is 0. The third-order valence-electron chi connectivity index (χ3n) is 10.6. The summed E-state index contributed by atoms with van der Waals surface area (Å²) in [5.41, 5.74) is -0.154. The highest BCUT2D eigenvalue weighted by atomic mass is 16.5. The lowest BCUT2D eigenvalue weighted by Gasteiger charge is -2.40. The van der Waals surface area contributed by atoms with Crippen molar-refractivity contribution in [1.82, 2.24) is 24.8 Å². The van der Waals surface area contributed by atoms with Gasteiger partial charge in [-0.05, 0) is 49.4 Å². The van der Waals surface area contributed by atoms with E-state index < -0.39 is 35.1 Å². The predicted molar refractivity (Wildman–Crippen MR) is 178 cm³/mol. The van der Waals surface area contributed by atoms with Gasteiger partial charge in [0.25, 0.3) is 0 Å². The van der Waals surface area contributed by atoms with Gasteiger partial charge >= 0.3 is 0 Å². The number of fused-ring (bicyclic) bond motifs is 2. The van der Waals surface area contributed by atoms with Crippen LogP contribution < -0.4 is 4.90 Å². The van der Waals surface area contributed by atoms with Crippen LogP contribution in [0.2, 0.25) is 0 Å². The minimum atomic E-state index is -1.29. The van der Waals surface area contributed by atoms with Gasteiger partial charge in [0.15, 0.2) is 0 Å². The van der Waals surface area contributed by atoms with Gasteiger partial charge in [-0.3, -0.25) is 14.4 Å². The molecule has 3 aromatic rings. The molecule has 3 fully saturated rings. The van der Waals surface area contributed by atoms with Gasteiger partial charge < -0.3 is 24.5 Å². The van der Waals surface area contributed by atoms with Crippen molar-refractivity contribution in [3.05, 3.63) is 79.9 Å². The number of anilines is 1. The molecule has 11 nitrogen and oxygen atoms in total. The molecule has 3 aliphatic rings. The first-order valence-electron chi connectivity index (χ1n) is 16.3. The number of carbonyl (C=O) groups is 3. The lowest BCUT2D eigenvalue weighted by atomic mass is 9.62. The van der Waals surface area contributed by atoms with Crippen molar-refractivity contribution in [2.24, 2.45) is 23.7 Å². The predicted octanol–water partition coefficient (Wildman–Crippen LogP) is 3.65. The van der Waals surface area contributed by atoms with Crippen LogP contribution in [0.4, 0.5) is 5.69 Å². The van der Waals surface area contributed by atoms with Crippen LogP contribution in [0.3, 0.4) is 0 Å². The Labute approximate surface area is 275 Å². The molecule has 1 spiro atoms. The fraction of sp³-hybridized carbons (Fsp3) is 0.472. The number of hydrogen-bond donors (Lipinski definition) is 1. The summed E-state index contributed by atoms with van der Waals surface area (Å²) in [4.78, 5) is 49.4. The summed E-state index contributed by atoms with van der Waals surface area (Å²) in [6.45, 7) is 15.7. The number of nitrogens with zero attached hydrogens (tertiary/aromatic N) is 6. The van der Waals surface area contributed by atoms with Crippen molar-refractivity contribution in [1.29, 1.82) is 0 Å². The van der Waals surface area contributed by atoms with E-state index in [1.165, 1.54) is 4.90 Å². The molecule has 3 saturated heterocycles. The van der Waals surface area contributed by atoms with Gasteiger partial charge in [-0.15, -0.1) is 18.3 Å². The first-order valence-corrected chi connectivity index (χ1v) is 16.3. The van der Waals surface area contributed by atoms with Crippen LogP contribution in [0.15, 0.2) is 79.9 Å². The van der Waals surface area contributed by atoms with E-state index in [2.05, 4.69) is 23.5 Å². The number of likely N-dealkylation sites (tertiary alicyclic amines) is 1. The molecule has 2 aromatic carbocycles. The third kappa shape index (κ3) is 4.98. The molecule has 47 heavy (non-hydrogen) atoms. The van der Waals surface area contributed by atoms with Crippen molar-refractivity contribution in [2.45, 2.75) is 64.1 Å². The fourth-order valence-corrected chi connectivity index (χ4v) is 8.27. The number of aliphatic hydroxyl groups excluding tert-OH is 1. The lowest BCUT2D eigenvalue weighted by molar-refractivity contribution is -0.157. The van der Waals surface area contributed by atoms with Crippen LogP contribution in [0.25, 0.3) is 11.0 Å². The van der Waals surface area contributed by atoms with Crippen molar-refractivity contribution < 1.29 is 24.2 Å². The van der Waals surface area contributed by atoms with Gasteiger partial charge in [0.05, 0.1) is 35.6 Å². The molecule has 11 heteroatoms. The highest BCUT2D eigenvalue weighted by Crippen LogP contribution is 2.66. The largest absolute Gasteiger partial charge is 0.394 e. The van der Waals surface area contributed by atoms with Crippen molar-refractivity contribution in [3.8, 4) is 0 Å². The van der Waals surface area contributed by atoms with Crippen LogP contribution >= 0.6 is 0 Å². The summed E-state index contributed by atoms with van der Waals surface area (Å²) in [6.07, 6.45) is 3.71. The third-order valence-corrected chi connectivity index (χ3v) is 10.6. The first kappa shape index (κ1) is 32.6. The second kappa shape index (κ2) is 12.4. The summed E-state index contributed by atoms with van der Waals surface area (Å²) in [7, 11) is 0. The number of carbonyl (C=O) groups excluding carboxylic acids is 3. The molecule has 2 bridgehead atoms. The zero-order valence-electron chi connectivity index (χ0n) is 27.5. The molecule has 0 aliphatic carbocycles. The Morgan fingerprint density at radius 2 is 1.77 bits per heavy atom. The Morgan fingerprint density at radius 3 is 2.43 bits per heavy atom. The van der Waals surface area contributed by atoms with E-state index in [1.54, 1.807) is 26.6 Å². The zero-order valence-corrected chi connectivity index (χ0v) is 27.5. The minimum absolute atomic E-state index is 0.0619. The van der Waals surface area contributed by atoms with Gasteiger partial charge in [0.2, 0.25) is 17.7 Å². The molecule has 6 rings (SSSR count). The Balaban J connectivity index is 1.46. The van der Waals surface area contributed by atoms with Gasteiger partial charge in [-0.2, -0.15) is 0 Å². The van der Waals surface area contributed by atoms with Gasteiger partial charge in [-0.25, -0.2) is 4.68 Å². The Morgan fingerprint density at radius 1 is 1.09 bits per heavy atom. The monoisotopic (exact) mass is 640 g/mol. The maximum Gasteiger partial charge on any atom is 0.250 e. The standard InChI is InChI=1S/C36H44N6O5/c1-7-18-39(22-41-27-17-13-12-16-26(27)37-38-41)34(46)31-36-20-24(5)35(6,47-36)29(30(36)33(45)42(31)28(21-43)23(3)4)32(44)40(19-8-2)25-14-10-9-11-15-25/h7-17,23-24,28-31,43H,1-2,18-22H2,3-6H3/t24?,28-,29-,30-,31?,35+,36?/m0/s1. The molecule has 0 saturated carbocycles. The number of para-hydroxylation sites is 2. The molecule has 248 valence electrons. The van der Waals surface area contributed by atoms with Crippen LogP contribution in [-0.4, -0.2) is 90.6 Å². The van der Waals surface area contributed by atoms with Crippen LogP contribution in [0.5, 0.6) is 0 Å². The zero-order chi connectivity index (χ0) is 33.7. The molecule has 1 aromatic heterocycles. The maximum absolute atomic E-state index is 15.0. The fourth-order valence-electron chi connectivity index (χ4n) is 8.27. The first-order chi connectivity index (χ1) is 22.5. The SMILES string of the molecule is C=CCN(Cn1nnc2ccccc21)C(=O)C1N([C@@H](CO)C(C)C)C(=O)[C@@H]2[C@@H](C(=O)N(CC=C)c3ccccc3)[C@]3(C)OC12CC3C. The summed E-state index contributed by atoms with van der Waals surface area (Å²) < 4.78 is 8.65. The minimum Gasteiger partial charge on any atom is -0.394 e. The van der Waals surface area contributed by atoms with Crippen molar-refractivity contribution >= 4 is 34.4 Å². The highest BCUT2D eigenvalue weighted by molar-refractivity contribution is 6.03. The van der Waals surface area contributed by atoms with Gasteiger partial charge in [0.1, 0.15) is 23.8 Å². The summed E-state index contributed by atoms with van der Waals surface area (Å²) in [6, 6.07) is 15.0. The molecular weight excluding hydrogens is 596 g/mol. The molecule has 3 aliphatic heterocycles. The number of rotatable bonds is 12. The Kier molecular flexibility index (Phi) is 8.56. The van der Waals surface area contributed by atoms with Crippen LogP contribution in [0.1, 0.15) is 34.1 Å². The Bertz CT molecular complexity index is 1690. The molecule has 1 N–H and O–H groups in total. The van der Waals surface area contributed by atoms with E-state index in [-0.39, 0.29) is 55.9 Å². The number of aromatic nitrogens is 3. The van der Waals surface area contributed by atoms with Crippen molar-refractivity contribution in [2.75, 3.05) is 24.6 Å². The van der Waals surface area contributed by atoms with Crippen molar-refractivity contribution in [3.63, 3.8) is 0 Å². The number of aliphatic hydroxyl groups is 1. The smallest absolute Gasteiger partial charge is 0.250 e. The quantitative estimate of drug-likeness (QED) is 0.300. The second-order valence-electron chi connectivity index (χ2n) is 13.6. The van der Waals surface area contributed by atoms with E-state index in [4.69, 9.17) is 4.74 Å². The summed E-state index contributed by atoms with van der Waals surface area (Å²) in [5, 5.41) is 19.2. The molecule has 0 radical (unpaired) electrons. The topological polar surface area (TPSA) is 121 Å². The number of benzene rings is 2. The second-order valence-corrected chi connectivity index (χ2v) is 13.6. The molecule has 3 amide bonds. The summed E-state index contributed by atoms with van der Waals surface area (Å²) in [5.74, 6) is -3.06.